The Balaban J connectivity index is 1.50. The van der Waals surface area contributed by atoms with Crippen molar-refractivity contribution in [3.63, 3.8) is 0 Å². The molecule has 3 rings (SSSR count). The quantitative estimate of drug-likeness (QED) is 0.618. The fraction of sp³-hybridized carbons (Fsp3) is 0.0870. The topological polar surface area (TPSA) is 63.2 Å². The zero-order chi connectivity index (χ0) is 19.8. The van der Waals surface area contributed by atoms with E-state index in [1.54, 1.807) is 36.4 Å². The van der Waals surface area contributed by atoms with E-state index in [1.807, 2.05) is 48.5 Å². The molecule has 0 saturated heterocycles. The summed E-state index contributed by atoms with van der Waals surface area (Å²) in [5.74, 6) is 0.138. The average Bonchev–Trinajstić information content (AvgIpc) is 2.77. The molecule has 1 amide bonds. The summed E-state index contributed by atoms with van der Waals surface area (Å²) in [6, 6.07) is 25.1. The minimum atomic E-state index is -0.340. The van der Waals surface area contributed by atoms with Crippen LogP contribution in [0.2, 0.25) is 0 Å². The normalized spacial score (nSPS) is 10.3. The number of carbonyl (C=O) groups is 3. The van der Waals surface area contributed by atoms with Crippen molar-refractivity contribution in [3.05, 3.63) is 107 Å². The Morgan fingerprint density at radius 3 is 1.86 bits per heavy atom. The number of carbonyl (C=O) groups excluding carboxylic acids is 3. The van der Waals surface area contributed by atoms with Gasteiger partial charge in [-0.25, -0.2) is 0 Å². The molecule has 0 radical (unpaired) electrons. The zero-order valence-corrected chi connectivity index (χ0v) is 15.9. The largest absolute Gasteiger partial charge is 0.344 e. The third-order valence-electron chi connectivity index (χ3n) is 4.08. The molecule has 0 aliphatic rings. The van der Waals surface area contributed by atoms with Gasteiger partial charge in [0, 0.05) is 22.4 Å². The lowest BCUT2D eigenvalue weighted by atomic mass is 10.0. The number of hydrogen-bond donors (Lipinski definition) is 1. The first-order valence-electron chi connectivity index (χ1n) is 8.81. The summed E-state index contributed by atoms with van der Waals surface area (Å²) in [4.78, 5) is 36.6. The Morgan fingerprint density at radius 2 is 1.21 bits per heavy atom. The predicted molar refractivity (Wildman–Crippen MR) is 111 cm³/mol. The summed E-state index contributed by atoms with van der Waals surface area (Å²) in [6.45, 7) is -0.0406. The number of benzene rings is 3. The minimum absolute atomic E-state index is 0.0406. The van der Waals surface area contributed by atoms with Crippen LogP contribution >= 0.6 is 11.8 Å². The van der Waals surface area contributed by atoms with Gasteiger partial charge in [0.1, 0.15) is 0 Å². The monoisotopic (exact) mass is 389 g/mol. The summed E-state index contributed by atoms with van der Waals surface area (Å²) < 4.78 is 0. The zero-order valence-electron chi connectivity index (χ0n) is 15.1. The molecule has 0 aromatic heterocycles. The predicted octanol–water partition coefficient (Wildman–Crippen LogP) is 4.11. The van der Waals surface area contributed by atoms with Crippen molar-refractivity contribution in [1.82, 2.24) is 5.32 Å². The van der Waals surface area contributed by atoms with E-state index in [2.05, 4.69) is 5.32 Å². The number of amides is 1. The molecule has 28 heavy (non-hydrogen) atoms. The van der Waals surface area contributed by atoms with Gasteiger partial charge in [-0.05, 0) is 17.7 Å². The van der Waals surface area contributed by atoms with Crippen molar-refractivity contribution < 1.29 is 14.4 Å². The molecule has 0 aliphatic heterocycles. The van der Waals surface area contributed by atoms with E-state index in [-0.39, 0.29) is 23.4 Å². The second-order valence-corrected chi connectivity index (χ2v) is 7.13. The number of thioether (sulfide) groups is 1. The smallest absolute Gasteiger partial charge is 0.251 e. The van der Waals surface area contributed by atoms with Gasteiger partial charge in [0.05, 0.1) is 6.54 Å². The fourth-order valence-electron chi connectivity index (χ4n) is 2.57. The Morgan fingerprint density at radius 1 is 0.679 bits per heavy atom. The summed E-state index contributed by atoms with van der Waals surface area (Å²) in [5.41, 5.74) is 2.58. The van der Waals surface area contributed by atoms with Gasteiger partial charge in [-0.3, -0.25) is 14.4 Å². The van der Waals surface area contributed by atoms with Gasteiger partial charge in [-0.15, -0.1) is 0 Å². The number of rotatable bonds is 7. The Bertz CT molecular complexity index is 954. The maximum Gasteiger partial charge on any atom is 0.251 e. The van der Waals surface area contributed by atoms with Crippen molar-refractivity contribution in [1.29, 1.82) is 0 Å². The van der Waals surface area contributed by atoms with Crippen molar-refractivity contribution in [2.24, 2.45) is 0 Å². The Kier molecular flexibility index (Phi) is 6.76. The van der Waals surface area contributed by atoms with Crippen molar-refractivity contribution >= 4 is 28.6 Å². The molecule has 3 aromatic rings. The molecule has 0 heterocycles. The maximum absolute atomic E-state index is 12.4. The Labute approximate surface area is 168 Å². The average molecular weight is 389 g/mol. The summed E-state index contributed by atoms with van der Waals surface area (Å²) in [7, 11) is 0. The van der Waals surface area contributed by atoms with E-state index in [0.29, 0.717) is 22.4 Å². The van der Waals surface area contributed by atoms with Gasteiger partial charge >= 0.3 is 0 Å². The van der Waals surface area contributed by atoms with Gasteiger partial charge in [0.25, 0.3) is 5.91 Å². The highest BCUT2D eigenvalue weighted by molar-refractivity contribution is 8.13. The van der Waals surface area contributed by atoms with E-state index in [0.717, 1.165) is 5.56 Å². The summed E-state index contributed by atoms with van der Waals surface area (Å²) in [6.07, 6.45) is 0. The van der Waals surface area contributed by atoms with E-state index in [1.165, 1.54) is 11.8 Å². The summed E-state index contributed by atoms with van der Waals surface area (Å²) >= 11 is 1.17. The molecule has 5 heteroatoms. The highest BCUT2D eigenvalue weighted by atomic mass is 32.2. The van der Waals surface area contributed by atoms with Crippen LogP contribution in [0.4, 0.5) is 0 Å². The first-order chi connectivity index (χ1) is 13.6. The highest BCUT2D eigenvalue weighted by Gasteiger charge is 2.12. The molecule has 4 nitrogen and oxygen atoms in total. The van der Waals surface area contributed by atoms with Crippen LogP contribution in [0.25, 0.3) is 0 Å². The second-order valence-electron chi connectivity index (χ2n) is 6.10. The SMILES string of the molecule is O=C(CNC(=O)c1ccc(C(=O)c2ccccc2)cc1)SCc1ccccc1. The first kappa shape index (κ1) is 19.6. The molecule has 0 fully saturated rings. The van der Waals surface area contributed by atoms with Gasteiger partial charge < -0.3 is 5.32 Å². The second kappa shape index (κ2) is 9.67. The molecule has 0 atom stereocenters. The number of hydrogen-bond acceptors (Lipinski definition) is 4. The molecule has 0 saturated carbocycles. The number of nitrogens with one attached hydrogen (secondary N) is 1. The van der Waals surface area contributed by atoms with Crippen LogP contribution in [-0.4, -0.2) is 23.4 Å². The van der Waals surface area contributed by atoms with Crippen LogP contribution in [0.5, 0.6) is 0 Å². The maximum atomic E-state index is 12.4. The highest BCUT2D eigenvalue weighted by Crippen LogP contribution is 2.13. The molecular formula is C23H19NO3S. The lowest BCUT2D eigenvalue weighted by Gasteiger charge is -2.06. The molecular weight excluding hydrogens is 370 g/mol. The lowest BCUT2D eigenvalue weighted by molar-refractivity contribution is -0.110. The van der Waals surface area contributed by atoms with Crippen LogP contribution in [0, 0.1) is 0 Å². The van der Waals surface area contributed by atoms with Crippen LogP contribution < -0.4 is 5.32 Å². The van der Waals surface area contributed by atoms with Gasteiger partial charge in [-0.1, -0.05) is 84.6 Å². The first-order valence-corrected chi connectivity index (χ1v) is 9.79. The molecule has 0 aliphatic carbocycles. The van der Waals surface area contributed by atoms with Crippen LogP contribution in [-0.2, 0) is 10.5 Å². The van der Waals surface area contributed by atoms with Crippen LogP contribution in [0.15, 0.2) is 84.9 Å². The number of ketones is 1. The Hall–Kier alpha value is -3.18. The van der Waals surface area contributed by atoms with Gasteiger partial charge in [0.15, 0.2) is 5.78 Å². The third kappa shape index (κ3) is 5.41. The van der Waals surface area contributed by atoms with Gasteiger partial charge in [0.2, 0.25) is 5.12 Å². The molecule has 0 spiro atoms. The van der Waals surface area contributed by atoms with Gasteiger partial charge in [-0.2, -0.15) is 0 Å². The van der Waals surface area contributed by atoms with Crippen LogP contribution in [0.3, 0.4) is 0 Å². The van der Waals surface area contributed by atoms with Crippen LogP contribution in [0.1, 0.15) is 31.8 Å². The van der Waals surface area contributed by atoms with E-state index >= 15 is 0 Å². The van der Waals surface area contributed by atoms with Crippen molar-refractivity contribution in [3.8, 4) is 0 Å². The fourth-order valence-corrected chi connectivity index (χ4v) is 3.27. The van der Waals surface area contributed by atoms with E-state index in [4.69, 9.17) is 0 Å². The lowest BCUT2D eigenvalue weighted by Crippen LogP contribution is -2.28. The molecule has 0 unspecified atom stereocenters. The van der Waals surface area contributed by atoms with Crippen molar-refractivity contribution in [2.75, 3.05) is 6.54 Å². The minimum Gasteiger partial charge on any atom is -0.344 e. The molecule has 3 aromatic carbocycles. The molecule has 140 valence electrons. The van der Waals surface area contributed by atoms with Crippen molar-refractivity contribution in [2.45, 2.75) is 5.75 Å². The summed E-state index contributed by atoms with van der Waals surface area (Å²) in [5, 5.41) is 2.52. The third-order valence-corrected chi connectivity index (χ3v) is 5.03. The van der Waals surface area contributed by atoms with E-state index in [9.17, 15) is 14.4 Å². The van der Waals surface area contributed by atoms with E-state index < -0.39 is 0 Å². The standard InChI is InChI=1S/C23H19NO3S/c25-21(28-16-17-7-3-1-4-8-17)15-24-23(27)20-13-11-19(12-14-20)22(26)18-9-5-2-6-10-18/h1-14H,15-16H2,(H,24,27). The molecule has 0 bridgehead atoms. The molecule has 1 N–H and O–H groups in total.